The average molecular weight is 458 g/mol. The highest BCUT2D eigenvalue weighted by atomic mass is 19.1. The summed E-state index contributed by atoms with van der Waals surface area (Å²) in [6, 6.07) is 8.72. The number of H-pyrrole nitrogens is 1. The van der Waals surface area contributed by atoms with Gasteiger partial charge in [0.15, 0.2) is 0 Å². The third-order valence-electron chi connectivity index (χ3n) is 4.28. The minimum atomic E-state index is -0.844. The van der Waals surface area contributed by atoms with Crippen LogP contribution in [0.1, 0.15) is 21.6 Å². The van der Waals surface area contributed by atoms with Crippen LogP contribution in [-0.4, -0.2) is 38.3 Å². The van der Waals surface area contributed by atoms with Crippen molar-refractivity contribution < 1.29 is 32.6 Å². The van der Waals surface area contributed by atoms with Crippen molar-refractivity contribution in [1.82, 2.24) is 4.98 Å². The van der Waals surface area contributed by atoms with E-state index in [-0.39, 0.29) is 22.8 Å². The predicted octanol–water partition coefficient (Wildman–Crippen LogP) is 5.06. The van der Waals surface area contributed by atoms with Crippen LogP contribution in [0.25, 0.3) is 27.4 Å². The second kappa shape index (κ2) is 11.3. The summed E-state index contributed by atoms with van der Waals surface area (Å²) in [7, 11) is 3.83. The fourth-order valence-corrected chi connectivity index (χ4v) is 2.73. The largest absolute Gasteiger partial charge is 0.497 e. The van der Waals surface area contributed by atoms with Gasteiger partial charge in [-0.2, -0.15) is 0 Å². The Labute approximate surface area is 187 Å². The van der Waals surface area contributed by atoms with E-state index in [4.69, 9.17) is 10.3 Å². The monoisotopic (exact) mass is 458 g/mol. The molecule has 3 aromatic rings. The maximum Gasteiger partial charge on any atom is 0.354 e. The number of nitrogens with zero attached hydrogens (tertiary/aromatic N) is 3. The van der Waals surface area contributed by atoms with Crippen LogP contribution in [0.4, 0.5) is 8.78 Å². The molecule has 0 saturated heterocycles. The van der Waals surface area contributed by atoms with Crippen molar-refractivity contribution in [3.8, 4) is 5.75 Å². The van der Waals surface area contributed by atoms with Crippen LogP contribution >= 0.6 is 0 Å². The number of rotatable bonds is 5. The average Bonchev–Trinajstić information content (AvgIpc) is 3.23. The van der Waals surface area contributed by atoms with Gasteiger partial charge in [0, 0.05) is 27.4 Å². The summed E-state index contributed by atoms with van der Waals surface area (Å²) in [5.41, 5.74) is 9.73. The van der Waals surface area contributed by atoms with Crippen LogP contribution < -0.4 is 4.74 Å². The van der Waals surface area contributed by atoms with Crippen LogP contribution in [0.3, 0.4) is 0 Å². The number of carbonyl (C=O) groups excluding carboxylic acids is 2. The number of esters is 2. The van der Waals surface area contributed by atoms with Crippen molar-refractivity contribution in [3.63, 3.8) is 0 Å². The summed E-state index contributed by atoms with van der Waals surface area (Å²) in [5, 5.41) is 3.55. The van der Waals surface area contributed by atoms with Gasteiger partial charge in [-0.05, 0) is 54.4 Å². The SMILES string of the molecule is COC(=O)/C(=C/c1ccc(OC)cc1F)N=[N+]=[N-].COC(=O)c1cc2c(F)cc(C)cc2[nH]1. The molecule has 0 unspecified atom stereocenters. The number of hydrogen-bond donors (Lipinski definition) is 1. The number of azide groups is 1. The molecule has 1 aromatic heterocycles. The van der Waals surface area contributed by atoms with Gasteiger partial charge in [-0.15, -0.1) is 0 Å². The maximum atomic E-state index is 13.6. The van der Waals surface area contributed by atoms with E-state index < -0.39 is 17.8 Å². The number of aromatic amines is 1. The van der Waals surface area contributed by atoms with Crippen LogP contribution in [0.5, 0.6) is 5.75 Å². The van der Waals surface area contributed by atoms with E-state index in [9.17, 15) is 18.4 Å². The Balaban J connectivity index is 0.000000237. The predicted molar refractivity (Wildman–Crippen MR) is 116 cm³/mol. The minimum Gasteiger partial charge on any atom is -0.497 e. The molecule has 0 saturated carbocycles. The Hall–Kier alpha value is -4.37. The highest BCUT2D eigenvalue weighted by Gasteiger charge is 2.12. The summed E-state index contributed by atoms with van der Waals surface area (Å²) in [6.07, 6.45) is 1.10. The first-order chi connectivity index (χ1) is 15.7. The smallest absolute Gasteiger partial charge is 0.354 e. The third-order valence-corrected chi connectivity index (χ3v) is 4.28. The van der Waals surface area contributed by atoms with Crippen molar-refractivity contribution >= 4 is 28.9 Å². The zero-order valence-electron chi connectivity index (χ0n) is 18.2. The highest BCUT2D eigenvalue weighted by Crippen LogP contribution is 2.21. The molecule has 0 bridgehead atoms. The number of methoxy groups -OCH3 is 3. The Kier molecular flexibility index (Phi) is 8.53. The molecule has 1 N–H and O–H groups in total. The molecular formula is C22H20F2N4O5. The molecule has 0 aliphatic heterocycles. The van der Waals surface area contributed by atoms with E-state index in [1.165, 1.54) is 38.5 Å². The van der Waals surface area contributed by atoms with Gasteiger partial charge in [0.05, 0.1) is 21.3 Å². The first kappa shape index (κ1) is 24.9. The number of nitrogens with one attached hydrogen (secondary N) is 1. The molecule has 1 heterocycles. The summed E-state index contributed by atoms with van der Waals surface area (Å²) in [5.74, 6) is -1.94. The molecule has 9 nitrogen and oxygen atoms in total. The van der Waals surface area contributed by atoms with E-state index in [2.05, 4.69) is 24.5 Å². The molecule has 0 aliphatic rings. The maximum absolute atomic E-state index is 13.6. The van der Waals surface area contributed by atoms with E-state index in [0.29, 0.717) is 16.7 Å². The third kappa shape index (κ3) is 6.31. The molecule has 2 aromatic carbocycles. The van der Waals surface area contributed by atoms with E-state index in [0.717, 1.165) is 24.8 Å². The molecule has 0 radical (unpaired) electrons. The molecule has 33 heavy (non-hydrogen) atoms. The molecule has 0 spiro atoms. The molecule has 11 heteroatoms. The van der Waals surface area contributed by atoms with Crippen molar-refractivity contribution in [2.45, 2.75) is 6.92 Å². The first-order valence-corrected chi connectivity index (χ1v) is 9.29. The highest BCUT2D eigenvalue weighted by molar-refractivity contribution is 5.95. The van der Waals surface area contributed by atoms with Gasteiger partial charge in [-0.3, -0.25) is 0 Å². The van der Waals surface area contributed by atoms with Crippen molar-refractivity contribution in [2.75, 3.05) is 21.3 Å². The van der Waals surface area contributed by atoms with Gasteiger partial charge in [0.1, 0.15) is 28.8 Å². The molecule has 0 aliphatic carbocycles. The van der Waals surface area contributed by atoms with Gasteiger partial charge in [0.2, 0.25) is 0 Å². The second-order valence-corrected chi connectivity index (χ2v) is 6.48. The minimum absolute atomic E-state index is 0.0867. The van der Waals surface area contributed by atoms with Gasteiger partial charge < -0.3 is 19.2 Å². The lowest BCUT2D eigenvalue weighted by molar-refractivity contribution is -0.136. The van der Waals surface area contributed by atoms with E-state index in [1.54, 1.807) is 13.0 Å². The number of aromatic nitrogens is 1. The van der Waals surface area contributed by atoms with E-state index >= 15 is 0 Å². The Morgan fingerprint density at radius 2 is 1.79 bits per heavy atom. The summed E-state index contributed by atoms with van der Waals surface area (Å²) in [4.78, 5) is 27.7. The number of benzene rings is 2. The molecule has 0 atom stereocenters. The lowest BCUT2D eigenvalue weighted by Crippen LogP contribution is -2.02. The molecule has 0 fully saturated rings. The second-order valence-electron chi connectivity index (χ2n) is 6.48. The van der Waals surface area contributed by atoms with Crippen molar-refractivity contribution in [3.05, 3.63) is 81.0 Å². The number of halogens is 2. The lowest BCUT2D eigenvalue weighted by Gasteiger charge is -2.03. The standard InChI is InChI=1S/C11H10FN3O3.C11H10FNO2/c1-17-8-4-3-7(9(12)6-8)5-10(14-15-13)11(16)18-2;1-6-3-8(12)7-5-10(11(14)15-2)13-9(7)4-6/h3-6H,1-2H3;3-5,13H,1-2H3/b10-5-;. The first-order valence-electron chi connectivity index (χ1n) is 9.29. The molecular weight excluding hydrogens is 438 g/mol. The molecule has 172 valence electrons. The number of hydrogen-bond acceptors (Lipinski definition) is 6. The Morgan fingerprint density at radius 3 is 2.36 bits per heavy atom. The van der Waals surface area contributed by atoms with Crippen LogP contribution in [0, 0.1) is 18.6 Å². The zero-order valence-corrected chi connectivity index (χ0v) is 18.2. The summed E-state index contributed by atoms with van der Waals surface area (Å²) < 4.78 is 40.8. The number of fused-ring (bicyclic) bond motifs is 1. The Morgan fingerprint density at radius 1 is 1.06 bits per heavy atom. The fourth-order valence-electron chi connectivity index (χ4n) is 2.73. The topological polar surface area (TPSA) is 126 Å². The van der Waals surface area contributed by atoms with Crippen LogP contribution in [-0.2, 0) is 14.3 Å². The lowest BCUT2D eigenvalue weighted by atomic mass is 10.1. The van der Waals surface area contributed by atoms with Crippen LogP contribution in [0.2, 0.25) is 0 Å². The number of ether oxygens (including phenoxy) is 3. The van der Waals surface area contributed by atoms with E-state index in [1.807, 2.05) is 0 Å². The summed E-state index contributed by atoms with van der Waals surface area (Å²) >= 11 is 0. The summed E-state index contributed by atoms with van der Waals surface area (Å²) in [6.45, 7) is 1.79. The number of carbonyl (C=O) groups is 2. The van der Waals surface area contributed by atoms with Gasteiger partial charge in [0.25, 0.3) is 0 Å². The van der Waals surface area contributed by atoms with Gasteiger partial charge in [-0.1, -0.05) is 5.11 Å². The van der Waals surface area contributed by atoms with Gasteiger partial charge in [-0.25, -0.2) is 18.4 Å². The van der Waals surface area contributed by atoms with Crippen LogP contribution in [0.15, 0.2) is 47.2 Å². The quantitative estimate of drug-likeness (QED) is 0.188. The number of aryl methyl sites for hydroxylation is 1. The normalized spacial score (nSPS) is 10.5. The Bertz CT molecular complexity index is 1260. The molecule has 3 rings (SSSR count). The van der Waals surface area contributed by atoms with Gasteiger partial charge >= 0.3 is 11.9 Å². The van der Waals surface area contributed by atoms with Crippen molar-refractivity contribution in [2.24, 2.45) is 5.11 Å². The van der Waals surface area contributed by atoms with Crippen molar-refractivity contribution in [1.29, 1.82) is 0 Å². The fraction of sp³-hybridized carbons (Fsp3) is 0.182. The zero-order chi connectivity index (χ0) is 24.5. The molecule has 0 amide bonds.